The van der Waals surface area contributed by atoms with E-state index < -0.39 is 17.9 Å². The van der Waals surface area contributed by atoms with Crippen molar-refractivity contribution in [3.63, 3.8) is 0 Å². The van der Waals surface area contributed by atoms with E-state index in [1.54, 1.807) is 16.6 Å². The van der Waals surface area contributed by atoms with Crippen LogP contribution in [0.2, 0.25) is 0 Å². The van der Waals surface area contributed by atoms with Crippen molar-refractivity contribution in [1.82, 2.24) is 19.6 Å². The first kappa shape index (κ1) is 20.1. The molecule has 4 rings (SSSR count). The Morgan fingerprint density at radius 2 is 1.83 bits per heavy atom. The highest BCUT2D eigenvalue weighted by molar-refractivity contribution is 6.39. The van der Waals surface area contributed by atoms with Crippen molar-refractivity contribution >= 4 is 23.5 Å². The molecule has 2 heterocycles. The molecule has 2 aromatic rings. The summed E-state index contributed by atoms with van der Waals surface area (Å²) in [4.78, 5) is 40.5. The van der Waals surface area contributed by atoms with Gasteiger partial charge < -0.3 is 15.1 Å². The highest BCUT2D eigenvalue weighted by Crippen LogP contribution is 2.35. The average molecular weight is 409 g/mol. The van der Waals surface area contributed by atoms with Crippen molar-refractivity contribution in [2.75, 3.05) is 26.0 Å². The molecule has 1 aromatic carbocycles. The van der Waals surface area contributed by atoms with E-state index in [1.807, 2.05) is 36.4 Å². The van der Waals surface area contributed by atoms with Crippen LogP contribution < -0.4 is 5.32 Å². The predicted octanol–water partition coefficient (Wildman–Crippen LogP) is 2.16. The van der Waals surface area contributed by atoms with E-state index in [-0.39, 0.29) is 5.91 Å². The first-order valence-electron chi connectivity index (χ1n) is 10.4. The third kappa shape index (κ3) is 3.81. The van der Waals surface area contributed by atoms with Crippen LogP contribution in [0.5, 0.6) is 0 Å². The molecule has 1 atom stereocenters. The summed E-state index contributed by atoms with van der Waals surface area (Å²) in [5, 5.41) is 7.46. The number of likely N-dealkylation sites (tertiary alicyclic amines) is 1. The number of nitrogens with one attached hydrogen (secondary N) is 1. The van der Waals surface area contributed by atoms with Gasteiger partial charge in [0.15, 0.2) is 0 Å². The third-order valence-electron chi connectivity index (χ3n) is 6.13. The van der Waals surface area contributed by atoms with Gasteiger partial charge >= 0.3 is 11.8 Å². The van der Waals surface area contributed by atoms with E-state index in [2.05, 4.69) is 5.32 Å². The van der Waals surface area contributed by atoms with Crippen LogP contribution >= 0.6 is 0 Å². The van der Waals surface area contributed by atoms with Crippen molar-refractivity contribution in [1.29, 1.82) is 0 Å². The van der Waals surface area contributed by atoms with Gasteiger partial charge in [0.2, 0.25) is 5.91 Å². The number of likely N-dealkylation sites (N-methyl/N-ethyl adjacent to an activating group) is 2. The number of anilines is 1. The second-order valence-corrected chi connectivity index (χ2v) is 8.12. The lowest BCUT2D eigenvalue weighted by molar-refractivity contribution is -0.146. The molecule has 1 N–H and O–H groups in total. The van der Waals surface area contributed by atoms with Gasteiger partial charge in [0.1, 0.15) is 11.9 Å². The van der Waals surface area contributed by atoms with Crippen LogP contribution in [0.4, 0.5) is 5.82 Å². The van der Waals surface area contributed by atoms with Gasteiger partial charge in [-0.1, -0.05) is 31.0 Å². The number of amides is 3. The predicted molar refractivity (Wildman–Crippen MR) is 112 cm³/mol. The SMILES string of the molecule is CN1CCC(N(C)C(=O)C(=O)Nc2cc(C3CCCC3)nn2-c2ccccc2)C1=O. The first-order valence-corrected chi connectivity index (χ1v) is 10.4. The van der Waals surface area contributed by atoms with Crippen LogP contribution in [0.15, 0.2) is 36.4 Å². The Morgan fingerprint density at radius 3 is 2.47 bits per heavy atom. The summed E-state index contributed by atoms with van der Waals surface area (Å²) in [6.07, 6.45) is 5.05. The molecule has 1 aliphatic heterocycles. The van der Waals surface area contributed by atoms with E-state index in [0.29, 0.717) is 24.7 Å². The number of nitrogens with zero attached hydrogens (tertiary/aromatic N) is 4. The van der Waals surface area contributed by atoms with Gasteiger partial charge in [0, 0.05) is 32.6 Å². The minimum atomic E-state index is -0.769. The van der Waals surface area contributed by atoms with Gasteiger partial charge in [0.25, 0.3) is 0 Å². The summed E-state index contributed by atoms with van der Waals surface area (Å²) >= 11 is 0. The van der Waals surface area contributed by atoms with Crippen LogP contribution in [0.1, 0.15) is 43.7 Å². The Morgan fingerprint density at radius 1 is 1.13 bits per heavy atom. The number of carbonyl (C=O) groups is 3. The van der Waals surface area contributed by atoms with E-state index >= 15 is 0 Å². The Bertz CT molecular complexity index is 949. The monoisotopic (exact) mass is 409 g/mol. The number of para-hydroxylation sites is 1. The molecule has 0 radical (unpaired) electrons. The highest BCUT2D eigenvalue weighted by Gasteiger charge is 2.36. The van der Waals surface area contributed by atoms with Crippen molar-refractivity contribution in [3.05, 3.63) is 42.1 Å². The summed E-state index contributed by atoms with van der Waals surface area (Å²) in [6.45, 7) is 0.578. The lowest BCUT2D eigenvalue weighted by atomic mass is 10.0. The molecule has 0 spiro atoms. The fourth-order valence-corrected chi connectivity index (χ4v) is 4.31. The zero-order valence-electron chi connectivity index (χ0n) is 17.4. The molecular formula is C22H27N5O3. The second-order valence-electron chi connectivity index (χ2n) is 8.12. The minimum absolute atomic E-state index is 0.142. The maximum atomic E-state index is 12.7. The van der Waals surface area contributed by atoms with Gasteiger partial charge in [0.05, 0.1) is 11.4 Å². The number of hydrogen-bond acceptors (Lipinski definition) is 4. The van der Waals surface area contributed by atoms with E-state index in [4.69, 9.17) is 5.10 Å². The highest BCUT2D eigenvalue weighted by atomic mass is 16.2. The molecule has 1 saturated heterocycles. The van der Waals surface area contributed by atoms with Crippen LogP contribution in [-0.2, 0) is 14.4 Å². The maximum Gasteiger partial charge on any atom is 0.315 e. The molecule has 2 fully saturated rings. The molecular weight excluding hydrogens is 382 g/mol. The number of carbonyl (C=O) groups excluding carboxylic acids is 3. The summed E-state index contributed by atoms with van der Waals surface area (Å²) < 4.78 is 1.67. The van der Waals surface area contributed by atoms with Crippen LogP contribution in [-0.4, -0.2) is 64.0 Å². The fourth-order valence-electron chi connectivity index (χ4n) is 4.31. The van der Waals surface area contributed by atoms with Crippen molar-refractivity contribution < 1.29 is 14.4 Å². The maximum absolute atomic E-state index is 12.7. The van der Waals surface area contributed by atoms with Crippen molar-refractivity contribution in [2.45, 2.75) is 44.1 Å². The first-order chi connectivity index (χ1) is 14.5. The molecule has 1 saturated carbocycles. The largest absolute Gasteiger partial charge is 0.344 e. The summed E-state index contributed by atoms with van der Waals surface area (Å²) in [6, 6.07) is 10.8. The fraction of sp³-hybridized carbons (Fsp3) is 0.455. The second kappa shape index (κ2) is 8.30. The molecule has 30 heavy (non-hydrogen) atoms. The zero-order chi connectivity index (χ0) is 21.3. The normalized spacial score (nSPS) is 19.3. The molecule has 3 amide bonds. The third-order valence-corrected chi connectivity index (χ3v) is 6.13. The Labute approximate surface area is 175 Å². The number of rotatable bonds is 4. The quantitative estimate of drug-likeness (QED) is 0.784. The van der Waals surface area contributed by atoms with Gasteiger partial charge in [-0.25, -0.2) is 4.68 Å². The molecule has 8 heteroatoms. The van der Waals surface area contributed by atoms with Crippen LogP contribution in [0, 0.1) is 0 Å². The van der Waals surface area contributed by atoms with Gasteiger partial charge in [-0.2, -0.15) is 5.10 Å². The lowest BCUT2D eigenvalue weighted by Crippen LogP contribution is -2.46. The Kier molecular flexibility index (Phi) is 5.57. The number of aromatic nitrogens is 2. The van der Waals surface area contributed by atoms with E-state index in [1.165, 1.54) is 24.8 Å². The van der Waals surface area contributed by atoms with Crippen LogP contribution in [0.25, 0.3) is 5.69 Å². The molecule has 158 valence electrons. The topological polar surface area (TPSA) is 87.5 Å². The number of benzene rings is 1. The van der Waals surface area contributed by atoms with Crippen LogP contribution in [0.3, 0.4) is 0 Å². The Hall–Kier alpha value is -3.16. The summed E-state index contributed by atoms with van der Waals surface area (Å²) in [5.74, 6) is -0.807. The van der Waals surface area contributed by atoms with E-state index in [0.717, 1.165) is 24.2 Å². The Balaban J connectivity index is 1.56. The van der Waals surface area contributed by atoms with Crippen molar-refractivity contribution in [3.8, 4) is 5.69 Å². The molecule has 1 aliphatic carbocycles. The molecule has 2 aliphatic rings. The van der Waals surface area contributed by atoms with E-state index in [9.17, 15) is 14.4 Å². The number of hydrogen-bond donors (Lipinski definition) is 1. The smallest absolute Gasteiger partial charge is 0.315 e. The average Bonchev–Trinajstić information content (AvgIpc) is 3.49. The lowest BCUT2D eigenvalue weighted by Gasteiger charge is -2.22. The molecule has 1 unspecified atom stereocenters. The molecule has 8 nitrogen and oxygen atoms in total. The van der Waals surface area contributed by atoms with Gasteiger partial charge in [-0.15, -0.1) is 0 Å². The van der Waals surface area contributed by atoms with Gasteiger partial charge in [-0.05, 0) is 31.4 Å². The minimum Gasteiger partial charge on any atom is -0.344 e. The molecule has 1 aromatic heterocycles. The summed E-state index contributed by atoms with van der Waals surface area (Å²) in [7, 11) is 3.20. The standard InChI is InChI=1S/C22H27N5O3/c1-25-13-12-18(21(25)29)26(2)22(30)20(28)23-19-14-17(15-8-6-7-9-15)24-27(19)16-10-4-3-5-11-16/h3-5,10-11,14-15,18H,6-9,12-13H2,1-2H3,(H,23,28). The zero-order valence-corrected chi connectivity index (χ0v) is 17.4. The van der Waals surface area contributed by atoms with Gasteiger partial charge in [-0.3, -0.25) is 14.4 Å². The van der Waals surface area contributed by atoms with Crippen molar-refractivity contribution in [2.24, 2.45) is 0 Å². The summed E-state index contributed by atoms with van der Waals surface area (Å²) in [5.41, 5.74) is 1.74. The molecule has 0 bridgehead atoms.